The first-order valence-electron chi connectivity index (χ1n) is 8.95. The first kappa shape index (κ1) is 19.2. The van der Waals surface area contributed by atoms with Gasteiger partial charge < -0.3 is 10.2 Å². The minimum Gasteiger partial charge on any atom is -0.356 e. The number of aromatic nitrogens is 1. The third-order valence-electron chi connectivity index (χ3n) is 4.87. The van der Waals surface area contributed by atoms with Gasteiger partial charge in [0.15, 0.2) is 0 Å². The third-order valence-corrected chi connectivity index (χ3v) is 4.87. The number of hydrogen-bond donors (Lipinski definition) is 1. The second kappa shape index (κ2) is 7.98. The average molecular weight is 377 g/mol. The van der Waals surface area contributed by atoms with Crippen molar-refractivity contribution in [3.8, 4) is 0 Å². The molecule has 7 heteroatoms. The molecule has 0 atom stereocenters. The molecule has 0 saturated carbocycles. The Morgan fingerprint density at radius 2 is 1.89 bits per heavy atom. The van der Waals surface area contributed by atoms with Crippen molar-refractivity contribution in [1.82, 2.24) is 10.3 Å². The molecule has 1 aliphatic heterocycles. The summed E-state index contributed by atoms with van der Waals surface area (Å²) in [6.07, 6.45) is -1.68. The van der Waals surface area contributed by atoms with E-state index in [2.05, 4.69) is 10.3 Å². The van der Waals surface area contributed by atoms with E-state index in [1.807, 2.05) is 36.1 Å². The van der Waals surface area contributed by atoms with Gasteiger partial charge in [0.1, 0.15) is 5.82 Å². The van der Waals surface area contributed by atoms with Crippen LogP contribution in [0.25, 0.3) is 0 Å². The summed E-state index contributed by atoms with van der Waals surface area (Å²) < 4.78 is 37.9. The van der Waals surface area contributed by atoms with Crippen LogP contribution in [-0.4, -0.2) is 30.0 Å². The van der Waals surface area contributed by atoms with Crippen molar-refractivity contribution < 1.29 is 18.0 Å². The normalized spacial score (nSPS) is 15.6. The molecule has 0 aliphatic carbocycles. The van der Waals surface area contributed by atoms with Crippen LogP contribution in [0.2, 0.25) is 0 Å². The van der Waals surface area contributed by atoms with Crippen molar-refractivity contribution in [3.63, 3.8) is 0 Å². The maximum absolute atomic E-state index is 12.6. The molecule has 1 amide bonds. The van der Waals surface area contributed by atoms with E-state index in [-0.39, 0.29) is 11.9 Å². The van der Waals surface area contributed by atoms with Crippen molar-refractivity contribution in [3.05, 3.63) is 59.3 Å². The lowest BCUT2D eigenvalue weighted by Crippen LogP contribution is -2.45. The molecule has 1 aliphatic rings. The van der Waals surface area contributed by atoms with Crippen LogP contribution in [0.1, 0.15) is 29.5 Å². The van der Waals surface area contributed by atoms with E-state index in [1.165, 1.54) is 6.07 Å². The fourth-order valence-electron chi connectivity index (χ4n) is 3.25. The number of nitrogens with zero attached hydrogens (tertiary/aromatic N) is 2. The zero-order chi connectivity index (χ0) is 19.4. The Morgan fingerprint density at radius 3 is 2.48 bits per heavy atom. The number of nitrogens with one attached hydrogen (secondary N) is 1. The van der Waals surface area contributed by atoms with Crippen molar-refractivity contribution >= 4 is 11.7 Å². The molecule has 27 heavy (non-hydrogen) atoms. The maximum atomic E-state index is 12.6. The smallest absolute Gasteiger partial charge is 0.356 e. The van der Waals surface area contributed by atoms with Crippen LogP contribution >= 0.6 is 0 Å². The van der Waals surface area contributed by atoms with E-state index in [4.69, 9.17) is 0 Å². The van der Waals surface area contributed by atoms with E-state index < -0.39 is 11.7 Å². The number of piperidine rings is 1. The molecule has 2 aromatic rings. The van der Waals surface area contributed by atoms with Gasteiger partial charge in [0.2, 0.25) is 5.91 Å². The highest BCUT2D eigenvalue weighted by Crippen LogP contribution is 2.29. The van der Waals surface area contributed by atoms with E-state index in [0.29, 0.717) is 25.3 Å². The SMILES string of the molecule is Cc1ccccc1CC(=O)NC1CCN(c2ccc(C(F)(F)F)cn2)CC1. The topological polar surface area (TPSA) is 45.2 Å². The number of halogens is 3. The second-order valence-corrected chi connectivity index (χ2v) is 6.83. The van der Waals surface area contributed by atoms with Gasteiger partial charge in [-0.3, -0.25) is 4.79 Å². The number of rotatable bonds is 4. The van der Waals surface area contributed by atoms with E-state index in [9.17, 15) is 18.0 Å². The zero-order valence-electron chi connectivity index (χ0n) is 15.1. The molecule has 0 bridgehead atoms. The predicted molar refractivity (Wildman–Crippen MR) is 97.5 cm³/mol. The summed E-state index contributed by atoms with van der Waals surface area (Å²) in [6, 6.07) is 10.3. The summed E-state index contributed by atoms with van der Waals surface area (Å²) in [5.74, 6) is 0.531. The van der Waals surface area contributed by atoms with Crippen LogP contribution in [0.5, 0.6) is 0 Å². The molecule has 1 aromatic heterocycles. The van der Waals surface area contributed by atoms with Gasteiger partial charge in [-0.2, -0.15) is 13.2 Å². The molecular weight excluding hydrogens is 355 g/mol. The number of pyridine rings is 1. The highest BCUT2D eigenvalue weighted by molar-refractivity contribution is 5.79. The van der Waals surface area contributed by atoms with Crippen molar-refractivity contribution in [1.29, 1.82) is 0 Å². The number of anilines is 1. The molecule has 144 valence electrons. The monoisotopic (exact) mass is 377 g/mol. The molecule has 2 heterocycles. The summed E-state index contributed by atoms with van der Waals surface area (Å²) in [5.41, 5.74) is 1.36. The molecule has 1 saturated heterocycles. The largest absolute Gasteiger partial charge is 0.417 e. The molecule has 1 aromatic carbocycles. The standard InChI is InChI=1S/C20H22F3N3O/c1-14-4-2-3-5-15(14)12-19(27)25-17-8-10-26(11-9-17)18-7-6-16(13-24-18)20(21,22)23/h2-7,13,17H,8-12H2,1H3,(H,25,27). The Morgan fingerprint density at radius 1 is 1.19 bits per heavy atom. The number of aryl methyl sites for hydroxylation is 1. The number of carbonyl (C=O) groups excluding carboxylic acids is 1. The van der Waals surface area contributed by atoms with Gasteiger partial charge in [-0.25, -0.2) is 4.98 Å². The molecular formula is C20H22F3N3O. The lowest BCUT2D eigenvalue weighted by molar-refractivity contribution is -0.137. The third kappa shape index (κ3) is 4.99. The Balaban J connectivity index is 1.50. The fraction of sp³-hybridized carbons (Fsp3) is 0.400. The molecule has 1 fully saturated rings. The van der Waals surface area contributed by atoms with E-state index in [1.54, 1.807) is 0 Å². The van der Waals surface area contributed by atoms with Gasteiger partial charge in [-0.1, -0.05) is 24.3 Å². The molecule has 0 spiro atoms. The van der Waals surface area contributed by atoms with Crippen LogP contribution in [-0.2, 0) is 17.4 Å². The molecule has 4 nitrogen and oxygen atoms in total. The number of hydrogen-bond acceptors (Lipinski definition) is 3. The summed E-state index contributed by atoms with van der Waals surface area (Å²) >= 11 is 0. The lowest BCUT2D eigenvalue weighted by Gasteiger charge is -2.33. The first-order valence-corrected chi connectivity index (χ1v) is 8.95. The van der Waals surface area contributed by atoms with E-state index >= 15 is 0 Å². The minimum atomic E-state index is -4.38. The van der Waals surface area contributed by atoms with Gasteiger partial charge in [0.25, 0.3) is 0 Å². The Labute approximate surface area is 156 Å². The molecule has 3 rings (SSSR count). The summed E-state index contributed by atoms with van der Waals surface area (Å²) in [6.45, 7) is 3.28. The number of amides is 1. The van der Waals surface area contributed by atoms with Gasteiger partial charge >= 0.3 is 6.18 Å². The maximum Gasteiger partial charge on any atom is 0.417 e. The first-order chi connectivity index (χ1) is 12.8. The lowest BCUT2D eigenvalue weighted by atomic mass is 10.0. The van der Waals surface area contributed by atoms with Gasteiger partial charge in [0, 0.05) is 25.3 Å². The Bertz CT molecular complexity index is 782. The van der Waals surface area contributed by atoms with Crippen LogP contribution in [0.15, 0.2) is 42.6 Å². The van der Waals surface area contributed by atoms with Gasteiger partial charge in [-0.05, 0) is 43.0 Å². The summed E-state index contributed by atoms with van der Waals surface area (Å²) in [5, 5.41) is 3.06. The summed E-state index contributed by atoms with van der Waals surface area (Å²) in [7, 11) is 0. The average Bonchev–Trinajstić information content (AvgIpc) is 2.64. The van der Waals surface area contributed by atoms with Crippen LogP contribution in [0, 0.1) is 6.92 Å². The van der Waals surface area contributed by atoms with Crippen molar-refractivity contribution in [2.75, 3.05) is 18.0 Å². The van der Waals surface area contributed by atoms with Crippen LogP contribution in [0.3, 0.4) is 0 Å². The molecule has 0 radical (unpaired) electrons. The molecule has 1 N–H and O–H groups in total. The zero-order valence-corrected chi connectivity index (χ0v) is 15.1. The quantitative estimate of drug-likeness (QED) is 0.883. The van der Waals surface area contributed by atoms with Crippen LogP contribution in [0.4, 0.5) is 19.0 Å². The molecule has 0 unspecified atom stereocenters. The van der Waals surface area contributed by atoms with Crippen molar-refractivity contribution in [2.45, 2.75) is 38.4 Å². The van der Waals surface area contributed by atoms with E-state index in [0.717, 1.165) is 36.2 Å². The number of carbonyl (C=O) groups is 1. The Kier molecular flexibility index (Phi) is 5.68. The summed E-state index contributed by atoms with van der Waals surface area (Å²) in [4.78, 5) is 18.2. The second-order valence-electron chi connectivity index (χ2n) is 6.83. The fourth-order valence-corrected chi connectivity index (χ4v) is 3.25. The highest BCUT2D eigenvalue weighted by atomic mass is 19.4. The highest BCUT2D eigenvalue weighted by Gasteiger charge is 2.31. The Hall–Kier alpha value is -2.57. The number of alkyl halides is 3. The minimum absolute atomic E-state index is 0.00425. The van der Waals surface area contributed by atoms with Gasteiger partial charge in [-0.15, -0.1) is 0 Å². The van der Waals surface area contributed by atoms with Crippen molar-refractivity contribution in [2.24, 2.45) is 0 Å². The van der Waals surface area contributed by atoms with Gasteiger partial charge in [0.05, 0.1) is 12.0 Å². The number of benzene rings is 1. The van der Waals surface area contributed by atoms with Crippen LogP contribution < -0.4 is 10.2 Å². The predicted octanol–water partition coefficient (Wildman–Crippen LogP) is 3.74.